The molecular weight excluding hydrogens is 341 g/mol. The van der Waals surface area contributed by atoms with Crippen LogP contribution in [0, 0.1) is 5.82 Å². The monoisotopic (exact) mass is 355 g/mol. The zero-order valence-electron chi connectivity index (χ0n) is 12.9. The topological polar surface area (TPSA) is 20.3 Å². The Morgan fingerprint density at radius 3 is 2.62 bits per heavy atom. The highest BCUT2D eigenvalue weighted by Crippen LogP contribution is 2.35. The van der Waals surface area contributed by atoms with Gasteiger partial charge in [-0.15, -0.1) is 0 Å². The van der Waals surface area contributed by atoms with Crippen LogP contribution in [0.25, 0.3) is 6.08 Å². The zero-order valence-corrected chi connectivity index (χ0v) is 14.5. The number of carbonyl (C=O) groups is 1. The molecule has 3 rings (SSSR count). The molecule has 0 N–H and O–H groups in total. The first-order chi connectivity index (χ1) is 11.5. The summed E-state index contributed by atoms with van der Waals surface area (Å²) in [6.07, 6.45) is 3.81. The van der Waals surface area contributed by atoms with Crippen molar-refractivity contribution in [3.63, 3.8) is 0 Å². The SMILES string of the molecule is CC(/C=C1\SC(=S)N(c2cccc(F)c2)C1=O)=C\c1ccccc1. The van der Waals surface area contributed by atoms with Gasteiger partial charge in [0.15, 0.2) is 4.32 Å². The summed E-state index contributed by atoms with van der Waals surface area (Å²) < 4.78 is 13.8. The third-order valence-corrected chi connectivity index (χ3v) is 4.71. The molecule has 24 heavy (non-hydrogen) atoms. The van der Waals surface area contributed by atoms with Crippen molar-refractivity contribution in [3.05, 3.63) is 82.5 Å². The summed E-state index contributed by atoms with van der Waals surface area (Å²) in [4.78, 5) is 14.5. The standard InChI is InChI=1S/C19H14FNOS2/c1-13(10-14-6-3-2-4-7-14)11-17-18(22)21(19(23)24-17)16-9-5-8-15(20)12-16/h2-12H,1H3/b13-10+,17-11-. The second kappa shape index (κ2) is 7.11. The van der Waals surface area contributed by atoms with Crippen molar-refractivity contribution >= 4 is 46.0 Å². The highest BCUT2D eigenvalue weighted by molar-refractivity contribution is 8.27. The largest absolute Gasteiger partial charge is 0.270 e. The van der Waals surface area contributed by atoms with Crippen molar-refractivity contribution in [2.45, 2.75) is 6.92 Å². The smallest absolute Gasteiger partial charge is 0.268 e. The van der Waals surface area contributed by atoms with E-state index in [9.17, 15) is 9.18 Å². The number of halogens is 1. The maximum atomic E-state index is 13.4. The van der Waals surface area contributed by atoms with Crippen LogP contribution >= 0.6 is 24.0 Å². The summed E-state index contributed by atoms with van der Waals surface area (Å²) in [5, 5.41) is 0. The van der Waals surface area contributed by atoms with Gasteiger partial charge in [-0.05, 0) is 42.3 Å². The lowest BCUT2D eigenvalue weighted by Crippen LogP contribution is -2.27. The maximum absolute atomic E-state index is 13.4. The number of rotatable bonds is 3. The van der Waals surface area contributed by atoms with Gasteiger partial charge < -0.3 is 0 Å². The number of allylic oxidation sites excluding steroid dienone is 2. The van der Waals surface area contributed by atoms with Crippen molar-refractivity contribution in [2.75, 3.05) is 4.90 Å². The van der Waals surface area contributed by atoms with E-state index >= 15 is 0 Å². The molecule has 1 aliphatic rings. The Hall–Kier alpha value is -2.24. The van der Waals surface area contributed by atoms with E-state index in [0.29, 0.717) is 14.9 Å². The molecule has 1 saturated heterocycles. The normalized spacial score (nSPS) is 17.0. The number of thioether (sulfide) groups is 1. The molecule has 0 saturated carbocycles. The first-order valence-electron chi connectivity index (χ1n) is 7.31. The molecule has 0 radical (unpaired) electrons. The summed E-state index contributed by atoms with van der Waals surface area (Å²) in [6.45, 7) is 1.93. The van der Waals surface area contributed by atoms with E-state index in [-0.39, 0.29) is 5.91 Å². The first-order valence-corrected chi connectivity index (χ1v) is 8.54. The molecule has 1 fully saturated rings. The molecule has 120 valence electrons. The van der Waals surface area contributed by atoms with Gasteiger partial charge in [-0.3, -0.25) is 9.69 Å². The van der Waals surface area contributed by atoms with Crippen molar-refractivity contribution in [1.82, 2.24) is 0 Å². The fourth-order valence-corrected chi connectivity index (χ4v) is 3.71. The predicted octanol–water partition coefficient (Wildman–Crippen LogP) is 5.18. The number of carbonyl (C=O) groups excluding carboxylic acids is 1. The van der Waals surface area contributed by atoms with E-state index in [0.717, 1.165) is 11.1 Å². The van der Waals surface area contributed by atoms with Crippen molar-refractivity contribution < 1.29 is 9.18 Å². The van der Waals surface area contributed by atoms with Crippen LogP contribution in [0.2, 0.25) is 0 Å². The highest BCUT2D eigenvalue weighted by atomic mass is 32.2. The molecule has 1 heterocycles. The van der Waals surface area contributed by atoms with Crippen LogP contribution in [0.3, 0.4) is 0 Å². The summed E-state index contributed by atoms with van der Waals surface area (Å²) in [7, 11) is 0. The van der Waals surface area contributed by atoms with Gasteiger partial charge in [0.05, 0.1) is 10.6 Å². The number of hydrogen-bond acceptors (Lipinski definition) is 3. The fourth-order valence-electron chi connectivity index (χ4n) is 2.37. The second-order valence-electron chi connectivity index (χ2n) is 5.30. The number of hydrogen-bond donors (Lipinski definition) is 0. The molecule has 2 aromatic carbocycles. The molecule has 0 aliphatic carbocycles. The number of nitrogens with zero attached hydrogens (tertiary/aromatic N) is 1. The molecule has 2 nitrogen and oxygen atoms in total. The lowest BCUT2D eigenvalue weighted by molar-refractivity contribution is -0.113. The van der Waals surface area contributed by atoms with Crippen LogP contribution in [0.1, 0.15) is 12.5 Å². The van der Waals surface area contributed by atoms with E-state index < -0.39 is 5.82 Å². The van der Waals surface area contributed by atoms with E-state index in [1.54, 1.807) is 12.1 Å². The van der Waals surface area contributed by atoms with E-state index in [4.69, 9.17) is 12.2 Å². The molecular formula is C19H14FNOS2. The Bertz CT molecular complexity index is 859. The van der Waals surface area contributed by atoms with E-state index in [2.05, 4.69) is 0 Å². The average Bonchev–Trinajstić information content (AvgIpc) is 2.82. The van der Waals surface area contributed by atoms with Gasteiger partial charge in [0.2, 0.25) is 0 Å². The minimum absolute atomic E-state index is 0.226. The third-order valence-electron chi connectivity index (χ3n) is 3.41. The number of anilines is 1. The molecule has 5 heteroatoms. The molecule has 0 unspecified atom stereocenters. The Labute approximate surface area is 149 Å². The molecule has 1 amide bonds. The Morgan fingerprint density at radius 1 is 1.17 bits per heavy atom. The number of benzene rings is 2. The van der Waals surface area contributed by atoms with Crippen molar-refractivity contribution in [3.8, 4) is 0 Å². The molecule has 0 bridgehead atoms. The maximum Gasteiger partial charge on any atom is 0.270 e. The number of amides is 1. The van der Waals surface area contributed by atoms with Gasteiger partial charge >= 0.3 is 0 Å². The molecule has 2 aromatic rings. The minimum atomic E-state index is -0.398. The number of thiocarbonyl (C=S) groups is 1. The summed E-state index contributed by atoms with van der Waals surface area (Å²) >= 11 is 6.51. The van der Waals surface area contributed by atoms with Gasteiger partial charge in [-0.2, -0.15) is 0 Å². The van der Waals surface area contributed by atoms with Crippen LogP contribution in [-0.4, -0.2) is 10.2 Å². The first kappa shape index (κ1) is 16.6. The van der Waals surface area contributed by atoms with Crippen LogP contribution in [-0.2, 0) is 4.79 Å². The lowest BCUT2D eigenvalue weighted by atomic mass is 10.1. The lowest BCUT2D eigenvalue weighted by Gasteiger charge is -2.14. The van der Waals surface area contributed by atoms with Crippen molar-refractivity contribution in [1.29, 1.82) is 0 Å². The Balaban J connectivity index is 1.87. The van der Waals surface area contributed by atoms with Gasteiger partial charge in [-0.25, -0.2) is 4.39 Å². The summed E-state index contributed by atoms with van der Waals surface area (Å²) in [5.74, 6) is -0.623. The minimum Gasteiger partial charge on any atom is -0.268 e. The van der Waals surface area contributed by atoms with Crippen molar-refractivity contribution in [2.24, 2.45) is 0 Å². The van der Waals surface area contributed by atoms with Gasteiger partial charge in [0.25, 0.3) is 5.91 Å². The van der Waals surface area contributed by atoms with Gasteiger partial charge in [0.1, 0.15) is 5.82 Å². The van der Waals surface area contributed by atoms with E-state index in [1.165, 1.54) is 28.8 Å². The molecule has 0 aromatic heterocycles. The average molecular weight is 355 g/mol. The van der Waals surface area contributed by atoms with Crippen LogP contribution in [0.5, 0.6) is 0 Å². The van der Waals surface area contributed by atoms with Crippen LogP contribution in [0.15, 0.2) is 71.2 Å². The highest BCUT2D eigenvalue weighted by Gasteiger charge is 2.33. The molecule has 0 atom stereocenters. The third kappa shape index (κ3) is 3.63. The van der Waals surface area contributed by atoms with Crippen LogP contribution < -0.4 is 4.90 Å². The van der Waals surface area contributed by atoms with E-state index in [1.807, 2.05) is 49.4 Å². The molecule has 1 aliphatic heterocycles. The summed E-state index contributed by atoms with van der Waals surface area (Å²) in [6, 6.07) is 15.7. The second-order valence-corrected chi connectivity index (χ2v) is 6.97. The predicted molar refractivity (Wildman–Crippen MR) is 102 cm³/mol. The van der Waals surface area contributed by atoms with Gasteiger partial charge in [0, 0.05) is 0 Å². The summed E-state index contributed by atoms with van der Waals surface area (Å²) in [5.41, 5.74) is 2.46. The Kier molecular flexibility index (Phi) is 4.92. The Morgan fingerprint density at radius 2 is 1.92 bits per heavy atom. The zero-order chi connectivity index (χ0) is 17.1. The van der Waals surface area contributed by atoms with Gasteiger partial charge in [-0.1, -0.05) is 66.5 Å². The quantitative estimate of drug-likeness (QED) is 0.559. The molecule has 0 spiro atoms. The van der Waals surface area contributed by atoms with Crippen LogP contribution in [0.4, 0.5) is 10.1 Å². The fraction of sp³-hybridized carbons (Fsp3) is 0.0526.